The summed E-state index contributed by atoms with van der Waals surface area (Å²) >= 11 is 0. The molecule has 0 aliphatic carbocycles. The van der Waals surface area contributed by atoms with Gasteiger partial charge in [0.05, 0.1) is 17.5 Å². The molecule has 0 radical (unpaired) electrons. The Kier molecular flexibility index (Phi) is 4.76. The molecule has 0 saturated carbocycles. The zero-order valence-electron chi connectivity index (χ0n) is 13.7. The van der Waals surface area contributed by atoms with E-state index in [-0.39, 0.29) is 5.91 Å². The van der Waals surface area contributed by atoms with Gasteiger partial charge in [-0.25, -0.2) is 4.98 Å². The summed E-state index contributed by atoms with van der Waals surface area (Å²) in [6, 6.07) is 0. The largest absolute Gasteiger partial charge is 0.451 e. The highest BCUT2D eigenvalue weighted by molar-refractivity contribution is 5.93. The van der Waals surface area contributed by atoms with Crippen LogP contribution in [-0.2, 0) is 13.6 Å². The van der Waals surface area contributed by atoms with Crippen LogP contribution in [0.2, 0.25) is 0 Å². The van der Waals surface area contributed by atoms with Crippen molar-refractivity contribution in [3.63, 3.8) is 0 Å². The average molecular weight is 317 g/mol. The Hall–Kier alpha value is -2.15. The number of likely N-dealkylation sites (tertiary alicyclic amines) is 1. The lowest BCUT2D eigenvalue weighted by Crippen LogP contribution is -2.39. The van der Waals surface area contributed by atoms with Crippen molar-refractivity contribution in [2.45, 2.75) is 19.4 Å². The third kappa shape index (κ3) is 3.98. The fraction of sp³-hybridized carbons (Fsp3) is 0.562. The van der Waals surface area contributed by atoms with Crippen molar-refractivity contribution in [2.75, 3.05) is 26.7 Å². The number of aryl methyl sites for hydroxylation is 1. The highest BCUT2D eigenvalue weighted by Crippen LogP contribution is 2.20. The molecule has 7 heteroatoms. The molecule has 3 rings (SSSR count). The molecule has 0 N–H and O–H groups in total. The fourth-order valence-corrected chi connectivity index (χ4v) is 3.09. The quantitative estimate of drug-likeness (QED) is 0.834. The van der Waals surface area contributed by atoms with E-state index in [4.69, 9.17) is 4.42 Å². The Morgan fingerprint density at radius 2 is 2.22 bits per heavy atom. The van der Waals surface area contributed by atoms with Crippen molar-refractivity contribution in [1.29, 1.82) is 0 Å². The van der Waals surface area contributed by atoms with Gasteiger partial charge in [0.2, 0.25) is 0 Å². The summed E-state index contributed by atoms with van der Waals surface area (Å²) in [4.78, 5) is 20.7. The van der Waals surface area contributed by atoms with E-state index in [9.17, 15) is 4.79 Å². The molecule has 0 unspecified atom stereocenters. The van der Waals surface area contributed by atoms with E-state index < -0.39 is 0 Å². The topological polar surface area (TPSA) is 67.4 Å². The van der Waals surface area contributed by atoms with E-state index in [1.54, 1.807) is 23.3 Å². The number of amides is 1. The monoisotopic (exact) mass is 317 g/mol. The molecule has 7 nitrogen and oxygen atoms in total. The average Bonchev–Trinajstić information content (AvgIpc) is 3.20. The lowest BCUT2D eigenvalue weighted by Gasteiger charge is -2.33. The van der Waals surface area contributed by atoms with E-state index >= 15 is 0 Å². The molecule has 1 amide bonds. The summed E-state index contributed by atoms with van der Waals surface area (Å²) in [6.45, 7) is 3.71. The molecule has 0 bridgehead atoms. The van der Waals surface area contributed by atoms with Crippen LogP contribution in [0.25, 0.3) is 0 Å². The summed E-state index contributed by atoms with van der Waals surface area (Å²) in [5.41, 5.74) is 1.63. The highest BCUT2D eigenvalue weighted by Gasteiger charge is 2.23. The number of hydrogen-bond acceptors (Lipinski definition) is 5. The van der Waals surface area contributed by atoms with Crippen molar-refractivity contribution >= 4 is 5.91 Å². The van der Waals surface area contributed by atoms with Gasteiger partial charge in [0.15, 0.2) is 6.39 Å². The first-order valence-electron chi connectivity index (χ1n) is 7.95. The van der Waals surface area contributed by atoms with Gasteiger partial charge >= 0.3 is 0 Å². The van der Waals surface area contributed by atoms with Crippen molar-refractivity contribution in [3.05, 3.63) is 36.3 Å². The zero-order chi connectivity index (χ0) is 16.2. The Balaban J connectivity index is 1.45. The number of rotatable bonds is 5. The third-order valence-electron chi connectivity index (χ3n) is 4.41. The zero-order valence-corrected chi connectivity index (χ0v) is 13.7. The van der Waals surface area contributed by atoms with Crippen LogP contribution < -0.4 is 0 Å². The van der Waals surface area contributed by atoms with Crippen LogP contribution in [0.4, 0.5) is 0 Å². The van der Waals surface area contributed by atoms with Gasteiger partial charge in [0.25, 0.3) is 5.91 Å². The van der Waals surface area contributed by atoms with Gasteiger partial charge in [0, 0.05) is 33.4 Å². The van der Waals surface area contributed by atoms with E-state index in [0.717, 1.165) is 44.7 Å². The second kappa shape index (κ2) is 6.95. The molecular weight excluding hydrogens is 294 g/mol. The Labute approximate surface area is 135 Å². The van der Waals surface area contributed by atoms with E-state index in [1.165, 1.54) is 6.39 Å². The van der Waals surface area contributed by atoms with Crippen LogP contribution >= 0.6 is 0 Å². The number of piperidine rings is 1. The number of oxazole rings is 1. The fourth-order valence-electron chi connectivity index (χ4n) is 3.09. The predicted octanol–water partition coefficient (Wildman–Crippen LogP) is 1.39. The standard InChI is InChI=1S/C16H23N5O2/c1-19(16(22)14-7-18-20(2)9-14)8-13-3-5-21(6-4-13)10-15-11-23-12-17-15/h7,9,11-13H,3-6,8,10H2,1-2H3. The number of nitrogens with zero attached hydrogens (tertiary/aromatic N) is 5. The van der Waals surface area contributed by atoms with Gasteiger partial charge in [-0.3, -0.25) is 14.4 Å². The number of hydrogen-bond donors (Lipinski definition) is 0. The Morgan fingerprint density at radius 1 is 1.43 bits per heavy atom. The second-order valence-corrected chi connectivity index (χ2v) is 6.29. The van der Waals surface area contributed by atoms with Crippen molar-refractivity contribution in [3.8, 4) is 0 Å². The number of carbonyl (C=O) groups excluding carboxylic acids is 1. The number of aromatic nitrogens is 3. The van der Waals surface area contributed by atoms with Gasteiger partial charge in [-0.2, -0.15) is 5.10 Å². The molecule has 0 spiro atoms. The van der Waals surface area contributed by atoms with Crippen molar-refractivity contribution in [2.24, 2.45) is 13.0 Å². The van der Waals surface area contributed by atoms with Crippen LogP contribution in [0.15, 0.2) is 29.5 Å². The summed E-state index contributed by atoms with van der Waals surface area (Å²) in [6.07, 6.45) is 8.76. The molecule has 1 aliphatic heterocycles. The van der Waals surface area contributed by atoms with E-state index in [0.29, 0.717) is 11.5 Å². The minimum atomic E-state index is 0.0446. The molecule has 0 aromatic carbocycles. The van der Waals surface area contributed by atoms with Gasteiger partial charge in [0.1, 0.15) is 6.26 Å². The van der Waals surface area contributed by atoms with Gasteiger partial charge < -0.3 is 9.32 Å². The van der Waals surface area contributed by atoms with Crippen LogP contribution in [0, 0.1) is 5.92 Å². The molecule has 1 saturated heterocycles. The minimum absolute atomic E-state index is 0.0446. The Bertz CT molecular complexity index is 629. The number of carbonyl (C=O) groups is 1. The maximum atomic E-state index is 12.4. The Morgan fingerprint density at radius 3 is 2.83 bits per heavy atom. The SMILES string of the molecule is CN(CC1CCN(Cc2cocn2)CC1)C(=O)c1cnn(C)c1. The highest BCUT2D eigenvalue weighted by atomic mass is 16.3. The third-order valence-corrected chi connectivity index (χ3v) is 4.41. The minimum Gasteiger partial charge on any atom is -0.451 e. The molecule has 1 aliphatic rings. The van der Waals surface area contributed by atoms with Crippen LogP contribution in [0.5, 0.6) is 0 Å². The second-order valence-electron chi connectivity index (χ2n) is 6.29. The molecule has 124 valence electrons. The van der Waals surface area contributed by atoms with Crippen LogP contribution in [0.3, 0.4) is 0 Å². The molecule has 2 aromatic heterocycles. The van der Waals surface area contributed by atoms with Crippen molar-refractivity contribution < 1.29 is 9.21 Å². The summed E-state index contributed by atoms with van der Waals surface area (Å²) < 4.78 is 6.67. The lowest BCUT2D eigenvalue weighted by molar-refractivity contribution is 0.0737. The molecule has 0 atom stereocenters. The van der Waals surface area contributed by atoms with Gasteiger partial charge in [-0.1, -0.05) is 0 Å². The van der Waals surface area contributed by atoms with Gasteiger partial charge in [-0.15, -0.1) is 0 Å². The lowest BCUT2D eigenvalue weighted by atomic mass is 9.96. The van der Waals surface area contributed by atoms with Crippen LogP contribution in [-0.4, -0.2) is 57.2 Å². The molecule has 1 fully saturated rings. The predicted molar refractivity (Wildman–Crippen MR) is 84.7 cm³/mol. The van der Waals surface area contributed by atoms with Crippen LogP contribution in [0.1, 0.15) is 28.9 Å². The van der Waals surface area contributed by atoms with Crippen molar-refractivity contribution in [1.82, 2.24) is 24.6 Å². The maximum Gasteiger partial charge on any atom is 0.256 e. The first-order chi connectivity index (χ1) is 11.1. The molecule has 3 heterocycles. The van der Waals surface area contributed by atoms with Gasteiger partial charge in [-0.05, 0) is 31.8 Å². The first-order valence-corrected chi connectivity index (χ1v) is 7.95. The molecule has 2 aromatic rings. The normalized spacial score (nSPS) is 16.6. The van der Waals surface area contributed by atoms with E-state index in [1.807, 2.05) is 19.0 Å². The summed E-state index contributed by atoms with van der Waals surface area (Å²) in [5.74, 6) is 0.595. The smallest absolute Gasteiger partial charge is 0.256 e. The molecule has 23 heavy (non-hydrogen) atoms. The summed E-state index contributed by atoms with van der Waals surface area (Å²) in [7, 11) is 3.69. The van der Waals surface area contributed by atoms with E-state index in [2.05, 4.69) is 15.0 Å². The first kappa shape index (κ1) is 15.7. The molecular formula is C16H23N5O2. The summed E-state index contributed by atoms with van der Waals surface area (Å²) in [5, 5.41) is 4.06. The maximum absolute atomic E-state index is 12.4.